The second-order valence-corrected chi connectivity index (χ2v) is 6.32. The second-order valence-electron chi connectivity index (χ2n) is 5.40. The lowest BCUT2D eigenvalue weighted by Crippen LogP contribution is -2.43. The maximum Gasteiger partial charge on any atom is 0.327 e. The van der Waals surface area contributed by atoms with E-state index in [1.807, 2.05) is 13.0 Å². The van der Waals surface area contributed by atoms with Gasteiger partial charge in [0.05, 0.1) is 6.54 Å². The molecular formula is C15H17BrN4O4. The third kappa shape index (κ3) is 4.31. The molecule has 0 unspecified atom stereocenters. The fourth-order valence-corrected chi connectivity index (χ4v) is 2.64. The van der Waals surface area contributed by atoms with E-state index < -0.39 is 30.3 Å². The van der Waals surface area contributed by atoms with Crippen molar-refractivity contribution in [3.05, 3.63) is 28.2 Å². The molecule has 128 valence electrons. The number of nitrogens with zero attached hydrogens (tertiary/aromatic N) is 2. The molecule has 0 saturated carbocycles. The number of benzene rings is 1. The Bertz CT molecular complexity index is 707. The first-order valence-corrected chi connectivity index (χ1v) is 7.95. The van der Waals surface area contributed by atoms with Crippen LogP contribution in [0.4, 0.5) is 10.5 Å². The second kappa shape index (κ2) is 7.43. The van der Waals surface area contributed by atoms with Crippen molar-refractivity contribution in [1.82, 2.24) is 15.1 Å². The van der Waals surface area contributed by atoms with E-state index in [0.717, 1.165) is 14.9 Å². The van der Waals surface area contributed by atoms with Crippen molar-refractivity contribution in [3.8, 4) is 0 Å². The Morgan fingerprint density at radius 1 is 1.25 bits per heavy atom. The zero-order valence-electron chi connectivity index (χ0n) is 13.3. The Kier molecular flexibility index (Phi) is 5.55. The number of hydrogen-bond donors (Lipinski definition) is 2. The van der Waals surface area contributed by atoms with Gasteiger partial charge >= 0.3 is 6.03 Å². The normalized spacial score (nSPS) is 14.1. The van der Waals surface area contributed by atoms with Gasteiger partial charge in [-0.05, 0) is 30.7 Å². The summed E-state index contributed by atoms with van der Waals surface area (Å²) in [6.07, 6.45) is 0. The van der Waals surface area contributed by atoms with Crippen LogP contribution in [0, 0.1) is 6.92 Å². The molecule has 1 aromatic carbocycles. The SMILES string of the molecule is Cc1cc(Br)ccc1NC(=O)CNC(=O)CN1C(=O)CN(C)C1=O. The molecule has 1 heterocycles. The topological polar surface area (TPSA) is 98.8 Å². The third-order valence-corrected chi connectivity index (χ3v) is 3.93. The predicted octanol–water partition coefficient (Wildman–Crippen LogP) is 0.706. The van der Waals surface area contributed by atoms with Crippen molar-refractivity contribution < 1.29 is 19.2 Å². The molecule has 0 aromatic heterocycles. The van der Waals surface area contributed by atoms with Crippen LogP contribution in [0.3, 0.4) is 0 Å². The molecular weight excluding hydrogens is 380 g/mol. The Morgan fingerprint density at radius 2 is 1.96 bits per heavy atom. The average Bonchev–Trinajstić information content (AvgIpc) is 2.74. The zero-order valence-corrected chi connectivity index (χ0v) is 14.8. The molecule has 2 rings (SSSR count). The third-order valence-electron chi connectivity index (χ3n) is 3.44. The first-order chi connectivity index (χ1) is 11.3. The van der Waals surface area contributed by atoms with Gasteiger partial charge in [-0.3, -0.25) is 19.3 Å². The van der Waals surface area contributed by atoms with E-state index in [4.69, 9.17) is 0 Å². The van der Waals surface area contributed by atoms with Gasteiger partial charge in [-0.2, -0.15) is 0 Å². The molecule has 1 aliphatic rings. The summed E-state index contributed by atoms with van der Waals surface area (Å²) in [6.45, 7) is 1.16. The van der Waals surface area contributed by atoms with E-state index >= 15 is 0 Å². The summed E-state index contributed by atoms with van der Waals surface area (Å²) in [5, 5.41) is 5.07. The molecule has 1 fully saturated rings. The van der Waals surface area contributed by atoms with Gasteiger partial charge in [0.1, 0.15) is 13.1 Å². The van der Waals surface area contributed by atoms with Crippen LogP contribution in [0.25, 0.3) is 0 Å². The van der Waals surface area contributed by atoms with E-state index in [9.17, 15) is 19.2 Å². The van der Waals surface area contributed by atoms with E-state index in [-0.39, 0.29) is 13.1 Å². The summed E-state index contributed by atoms with van der Waals surface area (Å²) in [4.78, 5) is 49.0. The number of imide groups is 1. The smallest absolute Gasteiger partial charge is 0.327 e. The minimum Gasteiger partial charge on any atom is -0.345 e. The molecule has 8 nitrogen and oxygen atoms in total. The lowest BCUT2D eigenvalue weighted by molar-refractivity contribution is -0.131. The van der Waals surface area contributed by atoms with Crippen molar-refractivity contribution >= 4 is 45.4 Å². The van der Waals surface area contributed by atoms with Crippen molar-refractivity contribution in [2.45, 2.75) is 6.92 Å². The minimum atomic E-state index is -0.574. The molecule has 0 atom stereocenters. The van der Waals surface area contributed by atoms with Crippen LogP contribution >= 0.6 is 15.9 Å². The van der Waals surface area contributed by atoms with Gasteiger partial charge in [-0.25, -0.2) is 4.79 Å². The number of hydrogen-bond acceptors (Lipinski definition) is 4. The zero-order chi connectivity index (χ0) is 17.9. The number of likely N-dealkylation sites (N-methyl/N-ethyl adjacent to an activating group) is 1. The Morgan fingerprint density at radius 3 is 2.54 bits per heavy atom. The van der Waals surface area contributed by atoms with Crippen LogP contribution in [-0.2, 0) is 14.4 Å². The number of rotatable bonds is 5. The molecule has 24 heavy (non-hydrogen) atoms. The molecule has 5 amide bonds. The fourth-order valence-electron chi connectivity index (χ4n) is 2.16. The summed E-state index contributed by atoms with van der Waals surface area (Å²) >= 11 is 3.33. The highest BCUT2D eigenvalue weighted by molar-refractivity contribution is 9.10. The highest BCUT2D eigenvalue weighted by Crippen LogP contribution is 2.19. The van der Waals surface area contributed by atoms with Gasteiger partial charge < -0.3 is 15.5 Å². The van der Waals surface area contributed by atoms with Crippen molar-refractivity contribution in [2.75, 3.05) is 32.0 Å². The number of anilines is 1. The quantitative estimate of drug-likeness (QED) is 0.715. The fraction of sp³-hybridized carbons (Fsp3) is 0.333. The molecule has 1 aliphatic heterocycles. The standard InChI is InChI=1S/C15H17BrN4O4/c1-9-5-10(16)3-4-11(9)18-12(21)6-17-13(22)7-20-14(23)8-19(2)15(20)24/h3-5H,6-8H2,1-2H3,(H,17,22)(H,18,21). The number of amides is 5. The molecule has 0 radical (unpaired) electrons. The van der Waals surface area contributed by atoms with Crippen LogP contribution in [0.15, 0.2) is 22.7 Å². The lowest BCUT2D eigenvalue weighted by atomic mass is 10.2. The highest BCUT2D eigenvalue weighted by Gasteiger charge is 2.34. The lowest BCUT2D eigenvalue weighted by Gasteiger charge is -2.14. The van der Waals surface area contributed by atoms with Crippen LogP contribution < -0.4 is 10.6 Å². The van der Waals surface area contributed by atoms with Crippen LogP contribution in [0.5, 0.6) is 0 Å². The maximum atomic E-state index is 11.9. The van der Waals surface area contributed by atoms with Gasteiger partial charge in [0, 0.05) is 17.2 Å². The first kappa shape index (κ1) is 17.9. The minimum absolute atomic E-state index is 0.0462. The van der Waals surface area contributed by atoms with Gasteiger partial charge in [0.25, 0.3) is 5.91 Å². The number of halogens is 1. The summed E-state index contributed by atoms with van der Waals surface area (Å²) < 4.78 is 0.899. The largest absolute Gasteiger partial charge is 0.345 e. The molecule has 2 N–H and O–H groups in total. The molecule has 9 heteroatoms. The molecule has 1 saturated heterocycles. The first-order valence-electron chi connectivity index (χ1n) is 7.16. The average molecular weight is 397 g/mol. The Balaban J connectivity index is 1.82. The van der Waals surface area contributed by atoms with Crippen molar-refractivity contribution in [2.24, 2.45) is 0 Å². The molecule has 0 aliphatic carbocycles. The number of carbonyl (C=O) groups is 4. The van der Waals surface area contributed by atoms with Crippen molar-refractivity contribution in [3.63, 3.8) is 0 Å². The van der Waals surface area contributed by atoms with Gasteiger partial charge in [0.2, 0.25) is 11.8 Å². The van der Waals surface area contributed by atoms with Gasteiger partial charge in [0.15, 0.2) is 0 Å². The number of aryl methyl sites for hydroxylation is 1. The van der Waals surface area contributed by atoms with E-state index in [2.05, 4.69) is 26.6 Å². The number of urea groups is 1. The highest BCUT2D eigenvalue weighted by atomic mass is 79.9. The van der Waals surface area contributed by atoms with Crippen LogP contribution in [0.2, 0.25) is 0 Å². The summed E-state index contributed by atoms with van der Waals surface area (Å²) in [5.41, 5.74) is 1.52. The van der Waals surface area contributed by atoms with Gasteiger partial charge in [-0.1, -0.05) is 15.9 Å². The molecule has 1 aromatic rings. The summed E-state index contributed by atoms with van der Waals surface area (Å²) in [5.74, 6) is -1.41. The Hall–Kier alpha value is -2.42. The van der Waals surface area contributed by atoms with Crippen LogP contribution in [0.1, 0.15) is 5.56 Å². The van der Waals surface area contributed by atoms with Crippen LogP contribution in [-0.4, -0.2) is 60.2 Å². The Labute approximate surface area is 147 Å². The summed E-state index contributed by atoms with van der Waals surface area (Å²) in [6, 6.07) is 4.87. The van der Waals surface area contributed by atoms with E-state index in [0.29, 0.717) is 5.69 Å². The maximum absolute atomic E-state index is 11.9. The number of nitrogens with one attached hydrogen (secondary N) is 2. The molecule has 0 bridgehead atoms. The molecule has 0 spiro atoms. The summed E-state index contributed by atoms with van der Waals surface area (Å²) in [7, 11) is 1.48. The van der Waals surface area contributed by atoms with Gasteiger partial charge in [-0.15, -0.1) is 0 Å². The van der Waals surface area contributed by atoms with E-state index in [1.165, 1.54) is 11.9 Å². The van der Waals surface area contributed by atoms with Crippen molar-refractivity contribution in [1.29, 1.82) is 0 Å². The number of carbonyl (C=O) groups excluding carboxylic acids is 4. The monoisotopic (exact) mass is 396 g/mol. The predicted molar refractivity (Wildman–Crippen MR) is 90.3 cm³/mol. The van der Waals surface area contributed by atoms with E-state index in [1.54, 1.807) is 12.1 Å².